The van der Waals surface area contributed by atoms with Gasteiger partial charge in [-0.05, 0) is 25.7 Å². The van der Waals surface area contributed by atoms with Gasteiger partial charge < -0.3 is 0 Å². The van der Waals surface area contributed by atoms with Crippen molar-refractivity contribution >= 4 is 11.3 Å². The molecule has 1 aliphatic rings. The molecule has 0 spiro atoms. The Kier molecular flexibility index (Phi) is 2.09. The summed E-state index contributed by atoms with van der Waals surface area (Å²) in [5.41, 5.74) is 0.916. The molecular formula is C10H12N2S. The van der Waals surface area contributed by atoms with Crippen molar-refractivity contribution in [1.82, 2.24) is 4.98 Å². The van der Waals surface area contributed by atoms with Crippen LogP contribution in [0.3, 0.4) is 0 Å². The highest BCUT2D eigenvalue weighted by atomic mass is 32.1. The topological polar surface area (TPSA) is 36.7 Å². The molecule has 0 atom stereocenters. The number of nitriles is 1. The lowest BCUT2D eigenvalue weighted by molar-refractivity contribution is 0.322. The number of rotatable bonds is 2. The molecule has 1 saturated carbocycles. The summed E-state index contributed by atoms with van der Waals surface area (Å²) < 4.78 is 0. The van der Waals surface area contributed by atoms with Crippen LogP contribution in [0.1, 0.15) is 36.9 Å². The van der Waals surface area contributed by atoms with Crippen LogP contribution in [-0.2, 0) is 11.8 Å². The fraction of sp³-hybridized carbons (Fsp3) is 0.600. The van der Waals surface area contributed by atoms with Gasteiger partial charge in [0.1, 0.15) is 10.4 Å². The van der Waals surface area contributed by atoms with Gasteiger partial charge in [0.2, 0.25) is 0 Å². The van der Waals surface area contributed by atoms with Crippen LogP contribution < -0.4 is 0 Å². The van der Waals surface area contributed by atoms with Gasteiger partial charge >= 0.3 is 0 Å². The van der Waals surface area contributed by atoms with Crippen LogP contribution in [0.2, 0.25) is 0 Å². The first-order chi connectivity index (χ1) is 6.30. The molecule has 1 fully saturated rings. The molecule has 68 valence electrons. The quantitative estimate of drug-likeness (QED) is 0.722. The fourth-order valence-corrected chi connectivity index (χ4v) is 2.71. The van der Waals surface area contributed by atoms with Gasteiger partial charge in [0, 0.05) is 5.38 Å². The first-order valence-corrected chi connectivity index (χ1v) is 5.55. The standard InChI is InChI=1S/C10H12N2S/c1-2-8-6-13-9(12-8)10(7-11)4-3-5-10/h6H,2-5H2,1H3. The summed E-state index contributed by atoms with van der Waals surface area (Å²) in [7, 11) is 0. The van der Waals surface area contributed by atoms with Gasteiger partial charge in [-0.15, -0.1) is 11.3 Å². The molecule has 0 saturated heterocycles. The van der Waals surface area contributed by atoms with E-state index in [1.165, 1.54) is 6.42 Å². The summed E-state index contributed by atoms with van der Waals surface area (Å²) in [5.74, 6) is 0. The molecule has 0 amide bonds. The maximum absolute atomic E-state index is 9.09. The van der Waals surface area contributed by atoms with Crippen LogP contribution in [0.25, 0.3) is 0 Å². The molecule has 2 nitrogen and oxygen atoms in total. The van der Waals surface area contributed by atoms with Crippen LogP contribution in [0.4, 0.5) is 0 Å². The van der Waals surface area contributed by atoms with Gasteiger partial charge in [-0.25, -0.2) is 4.98 Å². The minimum Gasteiger partial charge on any atom is -0.245 e. The summed E-state index contributed by atoms with van der Waals surface area (Å²) in [5, 5.41) is 12.2. The van der Waals surface area contributed by atoms with Crippen molar-refractivity contribution < 1.29 is 0 Å². The molecule has 2 rings (SSSR count). The number of hydrogen-bond donors (Lipinski definition) is 0. The second kappa shape index (κ2) is 3.12. The lowest BCUT2D eigenvalue weighted by Crippen LogP contribution is -2.32. The summed E-state index contributed by atoms with van der Waals surface area (Å²) in [4.78, 5) is 4.49. The molecule has 0 aromatic carbocycles. The number of aromatic nitrogens is 1. The number of nitrogens with zero attached hydrogens (tertiary/aromatic N) is 2. The van der Waals surface area contributed by atoms with E-state index in [2.05, 4.69) is 23.4 Å². The predicted octanol–water partition coefficient (Wildman–Crippen LogP) is 2.65. The molecule has 0 aliphatic heterocycles. The smallest absolute Gasteiger partial charge is 0.113 e. The third-order valence-corrected chi connectivity index (χ3v) is 3.84. The van der Waals surface area contributed by atoms with Gasteiger partial charge in [-0.2, -0.15) is 5.26 Å². The number of hydrogen-bond acceptors (Lipinski definition) is 3. The minimum atomic E-state index is -0.210. The maximum Gasteiger partial charge on any atom is 0.113 e. The number of aryl methyl sites for hydroxylation is 1. The molecule has 0 N–H and O–H groups in total. The predicted molar refractivity (Wildman–Crippen MR) is 52.6 cm³/mol. The fourth-order valence-electron chi connectivity index (χ4n) is 1.59. The number of thiazole rings is 1. The molecule has 0 radical (unpaired) electrons. The van der Waals surface area contributed by atoms with E-state index in [1.54, 1.807) is 11.3 Å². The van der Waals surface area contributed by atoms with E-state index in [0.29, 0.717) is 0 Å². The Morgan fingerprint density at radius 2 is 2.46 bits per heavy atom. The van der Waals surface area contributed by atoms with Crippen LogP contribution in [0.15, 0.2) is 5.38 Å². The summed E-state index contributed by atoms with van der Waals surface area (Å²) >= 11 is 1.65. The normalized spacial score (nSPS) is 19.1. The lowest BCUT2D eigenvalue weighted by atomic mass is 9.70. The van der Waals surface area contributed by atoms with E-state index in [4.69, 9.17) is 5.26 Å². The van der Waals surface area contributed by atoms with Gasteiger partial charge in [-0.3, -0.25) is 0 Å². The molecular weight excluding hydrogens is 180 g/mol. The first kappa shape index (κ1) is 8.71. The van der Waals surface area contributed by atoms with Crippen molar-refractivity contribution in [2.45, 2.75) is 38.0 Å². The average molecular weight is 192 g/mol. The summed E-state index contributed by atoms with van der Waals surface area (Å²) in [6.07, 6.45) is 4.15. The van der Waals surface area contributed by atoms with Crippen LogP contribution in [0.5, 0.6) is 0 Å². The second-order valence-electron chi connectivity index (χ2n) is 3.55. The largest absolute Gasteiger partial charge is 0.245 e. The highest BCUT2D eigenvalue weighted by Crippen LogP contribution is 2.44. The summed E-state index contributed by atoms with van der Waals surface area (Å²) in [6, 6.07) is 2.42. The zero-order valence-electron chi connectivity index (χ0n) is 7.71. The Balaban J connectivity index is 2.29. The first-order valence-electron chi connectivity index (χ1n) is 4.67. The van der Waals surface area contributed by atoms with Gasteiger partial charge in [0.25, 0.3) is 0 Å². The molecule has 1 aromatic rings. The third-order valence-electron chi connectivity index (χ3n) is 2.74. The van der Waals surface area contributed by atoms with E-state index in [-0.39, 0.29) is 5.41 Å². The Morgan fingerprint density at radius 1 is 1.69 bits per heavy atom. The van der Waals surface area contributed by atoms with E-state index < -0.39 is 0 Å². The van der Waals surface area contributed by atoms with Crippen LogP contribution >= 0.6 is 11.3 Å². The third kappa shape index (κ3) is 1.26. The summed E-state index contributed by atoms with van der Waals surface area (Å²) in [6.45, 7) is 2.10. The molecule has 3 heteroatoms. The SMILES string of the molecule is CCc1csc(C2(C#N)CCC2)n1. The monoisotopic (exact) mass is 192 g/mol. The second-order valence-corrected chi connectivity index (χ2v) is 4.40. The maximum atomic E-state index is 9.09. The van der Waals surface area contributed by atoms with Crippen molar-refractivity contribution in [3.05, 3.63) is 16.1 Å². The van der Waals surface area contributed by atoms with Gasteiger partial charge in [-0.1, -0.05) is 6.92 Å². The molecule has 1 aromatic heterocycles. The lowest BCUT2D eigenvalue weighted by Gasteiger charge is -2.32. The van der Waals surface area contributed by atoms with E-state index in [0.717, 1.165) is 30.0 Å². The highest BCUT2D eigenvalue weighted by Gasteiger charge is 2.41. The molecule has 0 bridgehead atoms. The van der Waals surface area contributed by atoms with Crippen LogP contribution in [0, 0.1) is 11.3 Å². The van der Waals surface area contributed by atoms with E-state index in [9.17, 15) is 0 Å². The minimum absolute atomic E-state index is 0.210. The van der Waals surface area contributed by atoms with Gasteiger partial charge in [0.05, 0.1) is 11.8 Å². The van der Waals surface area contributed by atoms with Crippen molar-refractivity contribution in [2.24, 2.45) is 0 Å². The zero-order valence-corrected chi connectivity index (χ0v) is 8.52. The zero-order chi connectivity index (χ0) is 9.31. The Morgan fingerprint density at radius 3 is 2.85 bits per heavy atom. The van der Waals surface area contributed by atoms with Gasteiger partial charge in [0.15, 0.2) is 0 Å². The van der Waals surface area contributed by atoms with E-state index in [1.807, 2.05) is 0 Å². The van der Waals surface area contributed by atoms with Crippen LogP contribution in [-0.4, -0.2) is 4.98 Å². The Bertz CT molecular complexity index is 344. The highest BCUT2D eigenvalue weighted by molar-refractivity contribution is 7.09. The van der Waals surface area contributed by atoms with Crippen molar-refractivity contribution in [3.8, 4) is 6.07 Å². The van der Waals surface area contributed by atoms with Crippen molar-refractivity contribution in [2.75, 3.05) is 0 Å². The molecule has 13 heavy (non-hydrogen) atoms. The molecule has 1 aliphatic carbocycles. The Hall–Kier alpha value is -0.880. The van der Waals surface area contributed by atoms with Crippen molar-refractivity contribution in [1.29, 1.82) is 5.26 Å². The Labute approximate surface area is 82.2 Å². The average Bonchev–Trinajstić information content (AvgIpc) is 2.52. The molecule has 0 unspecified atom stereocenters. The van der Waals surface area contributed by atoms with E-state index >= 15 is 0 Å². The van der Waals surface area contributed by atoms with Crippen molar-refractivity contribution in [3.63, 3.8) is 0 Å². The molecule has 1 heterocycles.